The van der Waals surface area contributed by atoms with Crippen LogP contribution >= 0.6 is 0 Å². The molecule has 0 aliphatic heterocycles. The van der Waals surface area contributed by atoms with Gasteiger partial charge in [0.1, 0.15) is 22.8 Å². The first-order chi connectivity index (χ1) is 15.9. The van der Waals surface area contributed by atoms with Crippen LogP contribution in [0.1, 0.15) is 49.3 Å². The van der Waals surface area contributed by atoms with Crippen molar-refractivity contribution in [2.45, 2.75) is 50.7 Å². The highest BCUT2D eigenvalue weighted by Crippen LogP contribution is 2.53. The van der Waals surface area contributed by atoms with Gasteiger partial charge in [-0.1, -0.05) is 19.9 Å². The number of Topliss-reactive ketones (excluding diaryl/α,β-unsaturated/α-hetero) is 2. The Bertz CT molecular complexity index is 1180. The molecule has 1 saturated carbocycles. The number of aromatic hydroxyl groups is 1. The van der Waals surface area contributed by atoms with Crippen molar-refractivity contribution in [2.75, 3.05) is 14.1 Å². The van der Waals surface area contributed by atoms with Crippen molar-refractivity contribution in [3.05, 3.63) is 45.7 Å². The Morgan fingerprint density at radius 3 is 2.44 bits per heavy atom. The number of amides is 1. The fourth-order valence-corrected chi connectivity index (χ4v) is 5.95. The number of rotatable bonds is 4. The molecule has 9 nitrogen and oxygen atoms in total. The molecular formula is C25H30N2O7. The minimum atomic E-state index is -2.62. The van der Waals surface area contributed by atoms with Crippen LogP contribution in [-0.2, 0) is 20.8 Å². The second kappa shape index (κ2) is 7.95. The predicted octanol–water partition coefficient (Wildman–Crippen LogP) is 1.48. The molecule has 1 aromatic carbocycles. The summed E-state index contributed by atoms with van der Waals surface area (Å²) >= 11 is 0. The molecule has 1 fully saturated rings. The van der Waals surface area contributed by atoms with E-state index in [4.69, 9.17) is 5.73 Å². The number of primary amides is 1. The van der Waals surface area contributed by atoms with Crippen molar-refractivity contribution in [3.63, 3.8) is 0 Å². The van der Waals surface area contributed by atoms with E-state index in [9.17, 15) is 34.8 Å². The van der Waals surface area contributed by atoms with E-state index < -0.39 is 58.0 Å². The molecule has 0 saturated heterocycles. The Balaban J connectivity index is 1.98. The predicted molar refractivity (Wildman–Crippen MR) is 123 cm³/mol. The number of hydrogen-bond donors (Lipinski definition) is 5. The molecule has 0 bridgehead atoms. The monoisotopic (exact) mass is 470 g/mol. The number of phenolic OH excluding ortho intramolecular Hbond substituents is 1. The van der Waals surface area contributed by atoms with Gasteiger partial charge in [0.25, 0.3) is 5.91 Å². The molecule has 9 heteroatoms. The Morgan fingerprint density at radius 2 is 1.88 bits per heavy atom. The van der Waals surface area contributed by atoms with Gasteiger partial charge in [0.15, 0.2) is 11.4 Å². The lowest BCUT2D eigenvalue weighted by Gasteiger charge is -2.50. The quantitative estimate of drug-likeness (QED) is 0.413. The molecule has 0 heterocycles. The van der Waals surface area contributed by atoms with E-state index in [-0.39, 0.29) is 29.2 Å². The zero-order valence-electron chi connectivity index (χ0n) is 19.6. The molecule has 182 valence electrons. The molecule has 0 radical (unpaired) electrons. The molecule has 6 N–H and O–H groups in total. The van der Waals surface area contributed by atoms with Gasteiger partial charge in [-0.05, 0) is 62.4 Å². The Morgan fingerprint density at radius 1 is 1.24 bits per heavy atom. The number of phenols is 1. The fraction of sp³-hybridized carbons (Fsp3) is 0.480. The average molecular weight is 471 g/mol. The molecule has 1 unspecified atom stereocenters. The molecule has 1 aromatic rings. The number of hydrogen-bond acceptors (Lipinski definition) is 8. The molecule has 1 amide bonds. The van der Waals surface area contributed by atoms with Gasteiger partial charge in [-0.3, -0.25) is 19.3 Å². The van der Waals surface area contributed by atoms with E-state index >= 15 is 0 Å². The number of nitrogens with zero attached hydrogens (tertiary/aromatic N) is 1. The van der Waals surface area contributed by atoms with Gasteiger partial charge < -0.3 is 26.2 Å². The van der Waals surface area contributed by atoms with Gasteiger partial charge in [0, 0.05) is 11.5 Å². The number of ketones is 2. The minimum Gasteiger partial charge on any atom is -0.508 e. The van der Waals surface area contributed by atoms with Crippen LogP contribution in [0.15, 0.2) is 29.0 Å². The van der Waals surface area contributed by atoms with Crippen molar-refractivity contribution < 1.29 is 34.8 Å². The lowest BCUT2D eigenvalue weighted by atomic mass is 9.57. The maximum absolute atomic E-state index is 13.8. The standard InChI is InChI=1S/C25H30N2O7/c1-5-10(2)12-6-7-15(28)17-13(12)8-11-9-14-19(27(3)4)21(30)18(24(26)33)23(32)25(14,34)22(31)16(11)20(17)29/h6-7,10-11,14,19,28-29,32,34H,5,8-9H2,1-4H3,(H2,26,33)/t10?,11-,14-,19-,25-/m1/s1. The largest absolute Gasteiger partial charge is 0.508 e. The maximum Gasteiger partial charge on any atom is 0.255 e. The fourth-order valence-electron chi connectivity index (χ4n) is 5.95. The summed E-state index contributed by atoms with van der Waals surface area (Å²) in [5.41, 5.74) is 3.55. The molecule has 3 aliphatic carbocycles. The number of aliphatic hydroxyl groups excluding tert-OH is 2. The lowest BCUT2D eigenvalue weighted by Crippen LogP contribution is -2.65. The van der Waals surface area contributed by atoms with E-state index in [2.05, 4.69) is 0 Å². The van der Waals surface area contributed by atoms with E-state index in [1.165, 1.54) is 11.0 Å². The Kier molecular flexibility index (Phi) is 5.61. The van der Waals surface area contributed by atoms with Crippen LogP contribution in [0.2, 0.25) is 0 Å². The highest BCUT2D eigenvalue weighted by molar-refractivity contribution is 6.24. The normalized spacial score (nSPS) is 29.6. The van der Waals surface area contributed by atoms with Gasteiger partial charge in [0.2, 0.25) is 5.78 Å². The van der Waals surface area contributed by atoms with Crippen molar-refractivity contribution in [3.8, 4) is 5.75 Å². The molecule has 4 rings (SSSR count). The van der Waals surface area contributed by atoms with Crippen molar-refractivity contribution >= 4 is 23.2 Å². The van der Waals surface area contributed by atoms with Crippen LogP contribution in [-0.4, -0.2) is 68.5 Å². The number of benzene rings is 1. The topological polar surface area (TPSA) is 161 Å². The molecule has 0 spiro atoms. The summed E-state index contributed by atoms with van der Waals surface area (Å²) in [4.78, 5) is 40.3. The van der Waals surface area contributed by atoms with Gasteiger partial charge in [0.05, 0.1) is 11.6 Å². The van der Waals surface area contributed by atoms with Gasteiger partial charge in [-0.25, -0.2) is 0 Å². The smallest absolute Gasteiger partial charge is 0.255 e. The summed E-state index contributed by atoms with van der Waals surface area (Å²) in [6.07, 6.45) is 1.22. The zero-order valence-corrected chi connectivity index (χ0v) is 19.6. The van der Waals surface area contributed by atoms with Crippen molar-refractivity contribution in [2.24, 2.45) is 17.6 Å². The summed E-state index contributed by atoms with van der Waals surface area (Å²) in [7, 11) is 3.15. The summed E-state index contributed by atoms with van der Waals surface area (Å²) in [6.45, 7) is 4.06. The number of aliphatic hydroxyl groups is 3. The summed E-state index contributed by atoms with van der Waals surface area (Å²) < 4.78 is 0. The summed E-state index contributed by atoms with van der Waals surface area (Å²) in [5, 5.41) is 44.2. The van der Waals surface area contributed by atoms with E-state index in [1.54, 1.807) is 14.1 Å². The third kappa shape index (κ3) is 3.03. The zero-order chi connectivity index (χ0) is 25.3. The third-order valence-electron chi connectivity index (χ3n) is 7.78. The first-order valence-corrected chi connectivity index (χ1v) is 11.4. The van der Waals surface area contributed by atoms with E-state index in [0.29, 0.717) is 6.42 Å². The van der Waals surface area contributed by atoms with E-state index in [1.807, 2.05) is 19.9 Å². The number of likely N-dealkylation sites (N-methyl/N-ethyl adjacent to an activating group) is 1. The van der Waals surface area contributed by atoms with E-state index in [0.717, 1.165) is 17.5 Å². The van der Waals surface area contributed by atoms with Crippen LogP contribution in [0.3, 0.4) is 0 Å². The third-order valence-corrected chi connectivity index (χ3v) is 7.78. The minimum absolute atomic E-state index is 0.0847. The summed E-state index contributed by atoms with van der Waals surface area (Å²) in [5.74, 6) is -6.25. The Labute approximate surface area is 197 Å². The number of nitrogens with two attached hydrogens (primary N) is 1. The highest BCUT2D eigenvalue weighted by atomic mass is 16.3. The summed E-state index contributed by atoms with van der Waals surface area (Å²) in [6, 6.07) is 2.18. The number of carbonyl (C=O) groups excluding carboxylic acids is 3. The first-order valence-electron chi connectivity index (χ1n) is 11.4. The molecule has 0 aromatic heterocycles. The molecule has 34 heavy (non-hydrogen) atoms. The van der Waals surface area contributed by atoms with Crippen molar-refractivity contribution in [1.82, 2.24) is 4.90 Å². The second-order valence-corrected chi connectivity index (χ2v) is 9.80. The molecule has 5 atom stereocenters. The van der Waals surface area contributed by atoms with Gasteiger partial charge >= 0.3 is 0 Å². The van der Waals surface area contributed by atoms with Gasteiger partial charge in [-0.2, -0.15) is 0 Å². The number of fused-ring (bicyclic) bond motifs is 3. The van der Waals surface area contributed by atoms with Crippen LogP contribution in [0, 0.1) is 11.8 Å². The van der Waals surface area contributed by atoms with Crippen LogP contribution in [0.5, 0.6) is 5.75 Å². The number of carbonyl (C=O) groups is 3. The Hall–Kier alpha value is -3.17. The second-order valence-electron chi connectivity index (χ2n) is 9.80. The molecular weight excluding hydrogens is 440 g/mol. The lowest BCUT2D eigenvalue weighted by molar-refractivity contribution is -0.153. The maximum atomic E-state index is 13.8. The van der Waals surface area contributed by atoms with Gasteiger partial charge in [-0.15, -0.1) is 0 Å². The first kappa shape index (κ1) is 24.0. The SMILES string of the molecule is CCC(C)c1ccc(O)c2c1C[C@@H]1C[C@@H]3[C@@H](N(C)C)C(=O)C(C(N)=O)=C(O)[C@]3(O)C(=O)C1=C2O. The van der Waals surface area contributed by atoms with Crippen LogP contribution < -0.4 is 5.73 Å². The highest BCUT2D eigenvalue weighted by Gasteiger charge is 2.64. The molecule has 3 aliphatic rings. The van der Waals surface area contributed by atoms with Crippen molar-refractivity contribution in [1.29, 1.82) is 0 Å². The van der Waals surface area contributed by atoms with Crippen LogP contribution in [0.4, 0.5) is 0 Å². The van der Waals surface area contributed by atoms with Crippen LogP contribution in [0.25, 0.3) is 5.76 Å². The average Bonchev–Trinajstić information content (AvgIpc) is 2.75.